The van der Waals surface area contributed by atoms with Crippen LogP contribution in [0.5, 0.6) is 0 Å². The van der Waals surface area contributed by atoms with E-state index in [2.05, 4.69) is 38.5 Å². The van der Waals surface area contributed by atoms with Crippen LogP contribution >= 0.6 is 23.1 Å². The van der Waals surface area contributed by atoms with E-state index < -0.39 is 5.97 Å². The van der Waals surface area contributed by atoms with Crippen LogP contribution < -0.4 is 5.32 Å². The maximum absolute atomic E-state index is 11.3. The summed E-state index contributed by atoms with van der Waals surface area (Å²) in [5.41, 5.74) is 6.02. The summed E-state index contributed by atoms with van der Waals surface area (Å²) in [6.45, 7) is 0.736. The molecular formula is C21H18N4O2S2. The smallest absolute Gasteiger partial charge is 0.336 e. The van der Waals surface area contributed by atoms with Gasteiger partial charge in [0, 0.05) is 23.1 Å². The van der Waals surface area contributed by atoms with E-state index in [9.17, 15) is 9.90 Å². The van der Waals surface area contributed by atoms with Crippen molar-refractivity contribution in [1.29, 1.82) is 0 Å². The molecule has 29 heavy (non-hydrogen) atoms. The largest absolute Gasteiger partial charge is 0.478 e. The average molecular weight is 423 g/mol. The average Bonchev–Trinajstić information content (AvgIpc) is 3.21. The van der Waals surface area contributed by atoms with Crippen molar-refractivity contribution in [3.05, 3.63) is 65.4 Å². The third kappa shape index (κ3) is 4.38. The molecule has 4 rings (SSSR count). The second-order valence-electron chi connectivity index (χ2n) is 6.34. The highest BCUT2D eigenvalue weighted by Crippen LogP contribution is 2.27. The Morgan fingerprint density at radius 3 is 2.86 bits per heavy atom. The van der Waals surface area contributed by atoms with E-state index in [-0.39, 0.29) is 0 Å². The molecular weight excluding hydrogens is 404 g/mol. The van der Waals surface area contributed by atoms with Gasteiger partial charge >= 0.3 is 5.97 Å². The lowest BCUT2D eigenvalue weighted by atomic mass is 10.1. The van der Waals surface area contributed by atoms with Crippen LogP contribution in [0.1, 0.15) is 15.9 Å². The van der Waals surface area contributed by atoms with Crippen LogP contribution in [0.3, 0.4) is 0 Å². The molecule has 146 valence electrons. The summed E-state index contributed by atoms with van der Waals surface area (Å²) in [4.78, 5) is 25.0. The van der Waals surface area contributed by atoms with Gasteiger partial charge in [0.05, 0.1) is 27.0 Å². The van der Waals surface area contributed by atoms with Gasteiger partial charge in [-0.25, -0.2) is 19.7 Å². The summed E-state index contributed by atoms with van der Waals surface area (Å²) in [6, 6.07) is 13.5. The minimum atomic E-state index is -0.929. The predicted octanol–water partition coefficient (Wildman–Crippen LogP) is 4.83. The van der Waals surface area contributed by atoms with Crippen molar-refractivity contribution < 1.29 is 9.90 Å². The Hall–Kier alpha value is -2.97. The molecule has 2 aromatic heterocycles. The summed E-state index contributed by atoms with van der Waals surface area (Å²) in [7, 11) is 0. The van der Waals surface area contributed by atoms with Crippen molar-refractivity contribution in [3.8, 4) is 11.3 Å². The number of carboxylic acids is 1. The van der Waals surface area contributed by atoms with Gasteiger partial charge < -0.3 is 10.4 Å². The maximum atomic E-state index is 11.3. The molecule has 0 aliphatic carbocycles. The van der Waals surface area contributed by atoms with E-state index in [0.717, 1.165) is 35.6 Å². The van der Waals surface area contributed by atoms with Crippen LogP contribution in [0.2, 0.25) is 0 Å². The number of thioether (sulfide) groups is 1. The topological polar surface area (TPSA) is 88.0 Å². The second-order valence-corrected chi connectivity index (χ2v) is 8.07. The molecule has 0 amide bonds. The molecule has 0 aliphatic rings. The van der Waals surface area contributed by atoms with Crippen molar-refractivity contribution in [3.63, 3.8) is 0 Å². The normalized spacial score (nSPS) is 10.9. The number of anilines is 1. The van der Waals surface area contributed by atoms with Gasteiger partial charge in [-0.1, -0.05) is 12.1 Å². The van der Waals surface area contributed by atoms with E-state index in [0.29, 0.717) is 10.5 Å². The molecule has 0 spiro atoms. The fraction of sp³-hybridized carbons (Fsp3) is 0.143. The molecule has 8 heteroatoms. The predicted molar refractivity (Wildman–Crippen MR) is 118 cm³/mol. The number of rotatable bonds is 7. The first-order valence-corrected chi connectivity index (χ1v) is 11.0. The first-order chi connectivity index (χ1) is 14.1. The lowest BCUT2D eigenvalue weighted by Crippen LogP contribution is -2.06. The minimum Gasteiger partial charge on any atom is -0.478 e. The van der Waals surface area contributed by atoms with E-state index in [1.54, 1.807) is 23.5 Å². The molecule has 0 saturated heterocycles. The van der Waals surface area contributed by atoms with E-state index >= 15 is 0 Å². The fourth-order valence-corrected chi connectivity index (χ4v) is 4.31. The van der Waals surface area contributed by atoms with Crippen LogP contribution in [0.15, 0.2) is 59.2 Å². The number of nitrogens with one attached hydrogen (secondary N) is 1. The van der Waals surface area contributed by atoms with Crippen molar-refractivity contribution in [2.75, 3.05) is 18.1 Å². The number of aromatic nitrogens is 3. The molecule has 0 unspecified atom stereocenters. The van der Waals surface area contributed by atoms with Gasteiger partial charge in [-0.3, -0.25) is 0 Å². The number of hydrogen-bond acceptors (Lipinski definition) is 7. The van der Waals surface area contributed by atoms with Crippen LogP contribution in [-0.4, -0.2) is 38.8 Å². The number of thiazole rings is 1. The van der Waals surface area contributed by atoms with Crippen LogP contribution in [-0.2, 0) is 6.42 Å². The first-order valence-electron chi connectivity index (χ1n) is 8.94. The van der Waals surface area contributed by atoms with Gasteiger partial charge in [0.15, 0.2) is 0 Å². The van der Waals surface area contributed by atoms with Crippen LogP contribution in [0.4, 0.5) is 5.82 Å². The Bertz CT molecular complexity index is 1180. The summed E-state index contributed by atoms with van der Waals surface area (Å²) < 4.78 is 1.20. The van der Waals surface area contributed by atoms with Crippen LogP contribution in [0, 0.1) is 0 Å². The van der Waals surface area contributed by atoms with Crippen molar-refractivity contribution in [2.45, 2.75) is 11.3 Å². The first kappa shape index (κ1) is 19.4. The van der Waals surface area contributed by atoms with Crippen molar-refractivity contribution in [1.82, 2.24) is 15.0 Å². The van der Waals surface area contributed by atoms with Gasteiger partial charge in [0.25, 0.3) is 0 Å². The Morgan fingerprint density at radius 2 is 2.03 bits per heavy atom. The standard InChI is InChI=1S/C21H18N4O2S2/c1-28-19-9-14(3-4-15(19)21(26)27)16-10-20(24-11-23-16)22-7-6-13-2-5-18-17(8-13)25-12-29-18/h2-5,8-12H,6-7H2,1H3,(H,26,27)(H,22,23,24). The molecule has 0 radical (unpaired) electrons. The molecule has 0 aliphatic heterocycles. The molecule has 0 atom stereocenters. The Balaban J connectivity index is 1.46. The van der Waals surface area contributed by atoms with Gasteiger partial charge in [0.2, 0.25) is 0 Å². The number of carbonyl (C=O) groups is 1. The van der Waals surface area contributed by atoms with Crippen molar-refractivity contribution in [2.24, 2.45) is 0 Å². The molecule has 4 aromatic rings. The molecule has 0 fully saturated rings. The van der Waals surface area contributed by atoms with Crippen molar-refractivity contribution >= 4 is 45.1 Å². The third-order valence-electron chi connectivity index (χ3n) is 4.51. The van der Waals surface area contributed by atoms with Gasteiger partial charge in [-0.2, -0.15) is 0 Å². The summed E-state index contributed by atoms with van der Waals surface area (Å²) >= 11 is 3.05. The van der Waals surface area contributed by atoms with Gasteiger partial charge in [0.1, 0.15) is 12.1 Å². The number of nitrogens with zero attached hydrogens (tertiary/aromatic N) is 3. The summed E-state index contributed by atoms with van der Waals surface area (Å²) in [5, 5.41) is 12.6. The van der Waals surface area contributed by atoms with Gasteiger partial charge in [-0.05, 0) is 42.5 Å². The Labute approximate surface area is 176 Å². The molecule has 2 aromatic carbocycles. The number of fused-ring (bicyclic) bond motifs is 1. The molecule has 6 nitrogen and oxygen atoms in total. The second kappa shape index (κ2) is 8.59. The monoisotopic (exact) mass is 422 g/mol. The quantitative estimate of drug-likeness (QED) is 0.413. The summed E-state index contributed by atoms with van der Waals surface area (Å²) in [5.74, 6) is -0.195. The zero-order chi connectivity index (χ0) is 20.2. The highest BCUT2D eigenvalue weighted by Gasteiger charge is 2.12. The maximum Gasteiger partial charge on any atom is 0.336 e. The number of carboxylic acid groups (broad SMARTS) is 1. The molecule has 2 heterocycles. The molecule has 0 saturated carbocycles. The number of aromatic carboxylic acids is 1. The van der Waals surface area contributed by atoms with Crippen LogP contribution in [0.25, 0.3) is 21.5 Å². The molecule has 2 N–H and O–H groups in total. The Morgan fingerprint density at radius 1 is 1.14 bits per heavy atom. The Kier molecular flexibility index (Phi) is 5.73. The van der Waals surface area contributed by atoms with E-state index in [1.807, 2.05) is 23.9 Å². The SMILES string of the molecule is CSc1cc(-c2cc(NCCc3ccc4scnc4c3)ncn2)ccc1C(=O)O. The third-order valence-corrected chi connectivity index (χ3v) is 6.10. The summed E-state index contributed by atoms with van der Waals surface area (Å²) in [6.07, 6.45) is 4.24. The lowest BCUT2D eigenvalue weighted by Gasteiger charge is -2.09. The number of hydrogen-bond donors (Lipinski definition) is 2. The lowest BCUT2D eigenvalue weighted by molar-refractivity contribution is 0.0693. The van der Waals surface area contributed by atoms with Gasteiger partial charge in [-0.15, -0.1) is 23.1 Å². The van der Waals surface area contributed by atoms with E-state index in [4.69, 9.17) is 0 Å². The zero-order valence-electron chi connectivity index (χ0n) is 15.6. The minimum absolute atomic E-state index is 0.297. The fourth-order valence-electron chi connectivity index (χ4n) is 3.03. The highest BCUT2D eigenvalue weighted by molar-refractivity contribution is 7.98. The highest BCUT2D eigenvalue weighted by atomic mass is 32.2. The number of benzene rings is 2. The molecule has 0 bridgehead atoms. The van der Waals surface area contributed by atoms with E-state index in [1.165, 1.54) is 28.4 Å². The zero-order valence-corrected chi connectivity index (χ0v) is 17.3.